The zero-order valence-electron chi connectivity index (χ0n) is 17.9. The third kappa shape index (κ3) is 4.23. The number of nitrogens with zero attached hydrogens (tertiary/aromatic N) is 6. The molecule has 0 amide bonds. The summed E-state index contributed by atoms with van der Waals surface area (Å²) in [5, 5.41) is 14.6. The summed E-state index contributed by atoms with van der Waals surface area (Å²) in [5.74, 6) is 0.119. The van der Waals surface area contributed by atoms with Crippen molar-refractivity contribution >= 4 is 40.1 Å². The summed E-state index contributed by atoms with van der Waals surface area (Å²) in [6.45, 7) is 2.77. The summed E-state index contributed by atoms with van der Waals surface area (Å²) in [5.41, 5.74) is 2.54. The van der Waals surface area contributed by atoms with Gasteiger partial charge < -0.3 is 9.47 Å². The van der Waals surface area contributed by atoms with Crippen LogP contribution in [-0.2, 0) is 20.8 Å². The van der Waals surface area contributed by atoms with Gasteiger partial charge in [-0.05, 0) is 32.3 Å². The standard InChI is InChI=1S/C22H22Cl2N6O3/c1-2-32-20(31)13-28-12-18(26-27-28)29-11-16(15-6-7-17(23)21(24)22(15)29)14-9-25-30(10-14)19-5-3-4-8-33-19/h6-7,9-12,19H,2-5,8,13H2,1H3. The third-order valence-electron chi connectivity index (χ3n) is 5.59. The van der Waals surface area contributed by atoms with Crippen molar-refractivity contribution in [2.24, 2.45) is 0 Å². The molecule has 0 saturated carbocycles. The van der Waals surface area contributed by atoms with E-state index in [1.165, 1.54) is 4.68 Å². The van der Waals surface area contributed by atoms with E-state index in [-0.39, 0.29) is 18.7 Å². The topological polar surface area (TPSA) is 89.0 Å². The molecule has 0 aliphatic carbocycles. The molecule has 9 nitrogen and oxygen atoms in total. The van der Waals surface area contributed by atoms with Crippen LogP contribution in [0.1, 0.15) is 32.4 Å². The molecule has 4 aromatic rings. The van der Waals surface area contributed by atoms with E-state index in [9.17, 15) is 4.79 Å². The Morgan fingerprint density at radius 1 is 1.24 bits per heavy atom. The van der Waals surface area contributed by atoms with Crippen molar-refractivity contribution in [2.75, 3.05) is 13.2 Å². The van der Waals surface area contributed by atoms with Crippen LogP contribution in [0.5, 0.6) is 0 Å². The lowest BCUT2D eigenvalue weighted by Gasteiger charge is -2.22. The van der Waals surface area contributed by atoms with Gasteiger partial charge in [0.05, 0.1) is 34.6 Å². The number of ether oxygens (including phenoxy) is 2. The normalized spacial score (nSPS) is 16.4. The van der Waals surface area contributed by atoms with Gasteiger partial charge in [0.1, 0.15) is 12.8 Å². The average molecular weight is 489 g/mol. The SMILES string of the molecule is CCOC(=O)Cn1cc(-n2cc(-c3cnn(C4CCCCO4)c3)c3ccc(Cl)c(Cl)c32)nn1. The summed E-state index contributed by atoms with van der Waals surface area (Å²) in [6.07, 6.45) is 10.5. The Balaban J connectivity index is 1.56. The molecule has 4 heterocycles. The van der Waals surface area contributed by atoms with Crippen LogP contribution in [0.15, 0.2) is 36.9 Å². The van der Waals surface area contributed by atoms with Gasteiger partial charge >= 0.3 is 5.97 Å². The van der Waals surface area contributed by atoms with Gasteiger partial charge in [-0.15, -0.1) is 5.10 Å². The van der Waals surface area contributed by atoms with Gasteiger partial charge in [0, 0.05) is 35.5 Å². The maximum atomic E-state index is 11.8. The number of aromatic nitrogens is 6. The van der Waals surface area contributed by atoms with Gasteiger partial charge in [-0.2, -0.15) is 5.10 Å². The Morgan fingerprint density at radius 3 is 2.91 bits per heavy atom. The lowest BCUT2D eigenvalue weighted by atomic mass is 10.1. The second-order valence-electron chi connectivity index (χ2n) is 7.78. The Kier molecular flexibility index (Phi) is 6.09. The highest BCUT2D eigenvalue weighted by Gasteiger charge is 2.21. The third-order valence-corrected chi connectivity index (χ3v) is 6.39. The number of carbonyl (C=O) groups is 1. The molecule has 1 saturated heterocycles. The molecule has 0 radical (unpaired) electrons. The minimum Gasteiger partial charge on any atom is -0.465 e. The quantitative estimate of drug-likeness (QED) is 0.366. The zero-order valence-corrected chi connectivity index (χ0v) is 19.5. The number of benzene rings is 1. The van der Waals surface area contributed by atoms with E-state index in [0.717, 1.165) is 42.4 Å². The molecule has 0 N–H and O–H groups in total. The second-order valence-corrected chi connectivity index (χ2v) is 8.57. The first-order valence-electron chi connectivity index (χ1n) is 10.8. The fraction of sp³-hybridized carbons (Fsp3) is 0.364. The van der Waals surface area contributed by atoms with Crippen molar-refractivity contribution in [1.29, 1.82) is 0 Å². The molecule has 33 heavy (non-hydrogen) atoms. The molecule has 5 rings (SSSR count). The van der Waals surface area contributed by atoms with Crippen LogP contribution >= 0.6 is 23.2 Å². The molecule has 1 atom stereocenters. The van der Waals surface area contributed by atoms with Gasteiger partial charge in [0.15, 0.2) is 5.82 Å². The van der Waals surface area contributed by atoms with Gasteiger partial charge in [-0.3, -0.25) is 9.36 Å². The number of halogens is 2. The largest absolute Gasteiger partial charge is 0.465 e. The van der Waals surface area contributed by atoms with Crippen LogP contribution in [0.2, 0.25) is 10.0 Å². The van der Waals surface area contributed by atoms with E-state index >= 15 is 0 Å². The number of hydrogen-bond donors (Lipinski definition) is 0. The van der Waals surface area contributed by atoms with Crippen molar-refractivity contribution in [3.05, 3.63) is 47.0 Å². The van der Waals surface area contributed by atoms with Crippen molar-refractivity contribution in [1.82, 2.24) is 29.3 Å². The molecule has 1 unspecified atom stereocenters. The Morgan fingerprint density at radius 2 is 2.12 bits per heavy atom. The molecule has 0 spiro atoms. The van der Waals surface area contributed by atoms with Gasteiger partial charge in [-0.25, -0.2) is 9.36 Å². The fourth-order valence-corrected chi connectivity index (χ4v) is 4.46. The monoisotopic (exact) mass is 488 g/mol. The number of fused-ring (bicyclic) bond motifs is 1. The summed E-state index contributed by atoms with van der Waals surface area (Å²) >= 11 is 13.0. The first-order chi connectivity index (χ1) is 16.0. The minimum atomic E-state index is -0.384. The first-order valence-corrected chi connectivity index (χ1v) is 11.5. The molecule has 1 fully saturated rings. The molecule has 11 heteroatoms. The van der Waals surface area contributed by atoms with Crippen LogP contribution in [0.3, 0.4) is 0 Å². The summed E-state index contributed by atoms with van der Waals surface area (Å²) in [4.78, 5) is 11.8. The Hall–Kier alpha value is -2.88. The average Bonchev–Trinajstić information content (AvgIpc) is 3.55. The Labute approximate surface area is 199 Å². The molecule has 172 valence electrons. The van der Waals surface area contributed by atoms with Crippen molar-refractivity contribution in [3.8, 4) is 16.9 Å². The van der Waals surface area contributed by atoms with Gasteiger partial charge in [0.2, 0.25) is 0 Å². The molecule has 3 aromatic heterocycles. The van der Waals surface area contributed by atoms with Crippen LogP contribution in [0.4, 0.5) is 0 Å². The van der Waals surface area contributed by atoms with Crippen LogP contribution in [-0.4, -0.2) is 48.5 Å². The highest BCUT2D eigenvalue weighted by Crippen LogP contribution is 2.39. The second kappa shape index (κ2) is 9.17. The van der Waals surface area contributed by atoms with Gasteiger partial charge in [0.25, 0.3) is 0 Å². The molecular formula is C22H22Cl2N6O3. The van der Waals surface area contributed by atoms with Crippen LogP contribution in [0.25, 0.3) is 27.8 Å². The molecule has 0 bridgehead atoms. The minimum absolute atomic E-state index is 0.0322. The lowest BCUT2D eigenvalue weighted by molar-refractivity contribution is -0.144. The van der Waals surface area contributed by atoms with Crippen molar-refractivity contribution in [3.63, 3.8) is 0 Å². The molecular weight excluding hydrogens is 467 g/mol. The fourth-order valence-electron chi connectivity index (χ4n) is 4.05. The summed E-state index contributed by atoms with van der Waals surface area (Å²) in [6, 6.07) is 3.69. The van der Waals surface area contributed by atoms with E-state index in [1.807, 2.05) is 33.9 Å². The maximum absolute atomic E-state index is 11.8. The predicted octanol–water partition coefficient (Wildman–Crippen LogP) is 4.65. The van der Waals surface area contributed by atoms with E-state index < -0.39 is 0 Å². The number of rotatable bonds is 6. The van der Waals surface area contributed by atoms with Crippen molar-refractivity contribution < 1.29 is 14.3 Å². The molecule has 1 aromatic carbocycles. The van der Waals surface area contributed by atoms with E-state index in [2.05, 4.69) is 15.4 Å². The van der Waals surface area contributed by atoms with Crippen LogP contribution in [0, 0.1) is 0 Å². The van der Waals surface area contributed by atoms with Crippen LogP contribution < -0.4 is 0 Å². The summed E-state index contributed by atoms with van der Waals surface area (Å²) < 4.78 is 16.0. The highest BCUT2D eigenvalue weighted by molar-refractivity contribution is 6.45. The van der Waals surface area contributed by atoms with E-state index in [0.29, 0.717) is 28.0 Å². The highest BCUT2D eigenvalue weighted by atomic mass is 35.5. The van der Waals surface area contributed by atoms with E-state index in [1.54, 1.807) is 19.2 Å². The number of carbonyl (C=O) groups excluding carboxylic acids is 1. The Bertz CT molecular complexity index is 1300. The smallest absolute Gasteiger partial charge is 0.327 e. The first kappa shape index (κ1) is 21.9. The number of hydrogen-bond acceptors (Lipinski definition) is 6. The molecule has 1 aliphatic heterocycles. The number of esters is 1. The maximum Gasteiger partial charge on any atom is 0.327 e. The predicted molar refractivity (Wildman–Crippen MR) is 124 cm³/mol. The molecule has 1 aliphatic rings. The zero-order chi connectivity index (χ0) is 22.9. The van der Waals surface area contributed by atoms with Gasteiger partial charge in [-0.1, -0.05) is 34.5 Å². The van der Waals surface area contributed by atoms with E-state index in [4.69, 9.17) is 32.7 Å². The van der Waals surface area contributed by atoms with Crippen molar-refractivity contribution in [2.45, 2.75) is 39.0 Å². The summed E-state index contributed by atoms with van der Waals surface area (Å²) in [7, 11) is 0. The lowest BCUT2D eigenvalue weighted by Crippen LogP contribution is -2.18.